The van der Waals surface area contributed by atoms with E-state index in [1.807, 2.05) is 18.5 Å². The van der Waals surface area contributed by atoms with Gasteiger partial charge in [0, 0.05) is 24.4 Å². The van der Waals surface area contributed by atoms with Crippen LogP contribution in [0.2, 0.25) is 0 Å². The molecule has 0 aliphatic heterocycles. The first kappa shape index (κ1) is 10.8. The molecule has 0 aliphatic carbocycles. The van der Waals surface area contributed by atoms with E-state index in [0.717, 1.165) is 6.54 Å². The van der Waals surface area contributed by atoms with Crippen LogP contribution in [0, 0.1) is 0 Å². The zero-order chi connectivity index (χ0) is 10.6. The summed E-state index contributed by atoms with van der Waals surface area (Å²) < 4.78 is 0. The average Bonchev–Trinajstić information content (AvgIpc) is 2.54. The van der Waals surface area contributed by atoms with Crippen molar-refractivity contribution in [2.24, 2.45) is 5.73 Å². The molecule has 1 amide bonds. The number of H-pyrrole nitrogens is 1. The van der Waals surface area contributed by atoms with Gasteiger partial charge in [0.05, 0.1) is 6.54 Å². The van der Waals surface area contributed by atoms with Crippen molar-refractivity contribution in [1.82, 2.24) is 10.3 Å². The van der Waals surface area contributed by atoms with Gasteiger partial charge in [-0.25, -0.2) is 0 Å². The Morgan fingerprint density at radius 1 is 1.64 bits per heavy atom. The lowest BCUT2D eigenvalue weighted by Crippen LogP contribution is -2.37. The molecule has 0 saturated heterocycles. The number of hydrogen-bond donors (Lipinski definition) is 3. The molecule has 0 radical (unpaired) electrons. The van der Waals surface area contributed by atoms with Crippen LogP contribution in [0.4, 0.5) is 0 Å². The number of aromatic amines is 1. The summed E-state index contributed by atoms with van der Waals surface area (Å²) in [6.07, 6.45) is 3.86. The van der Waals surface area contributed by atoms with Crippen LogP contribution >= 0.6 is 0 Å². The molecule has 1 rings (SSSR count). The molecule has 0 atom stereocenters. The Balaban J connectivity index is 2.46. The molecule has 4 heteroatoms. The Labute approximate surface area is 83.9 Å². The second-order valence-electron chi connectivity index (χ2n) is 4.05. The van der Waals surface area contributed by atoms with Crippen molar-refractivity contribution < 1.29 is 4.79 Å². The normalized spacial score (nSPS) is 11.6. The van der Waals surface area contributed by atoms with Gasteiger partial charge in [0.25, 0.3) is 0 Å². The Morgan fingerprint density at radius 2 is 2.36 bits per heavy atom. The van der Waals surface area contributed by atoms with E-state index in [2.05, 4.69) is 24.1 Å². The van der Waals surface area contributed by atoms with E-state index in [4.69, 9.17) is 5.73 Å². The van der Waals surface area contributed by atoms with Gasteiger partial charge in [-0.3, -0.25) is 4.79 Å². The van der Waals surface area contributed by atoms with Gasteiger partial charge in [0.1, 0.15) is 0 Å². The summed E-state index contributed by atoms with van der Waals surface area (Å²) in [5.74, 6) is -0.324. The second-order valence-corrected chi connectivity index (χ2v) is 4.05. The lowest BCUT2D eigenvalue weighted by atomic mass is 9.86. The molecular formula is C10H17N3O. The molecule has 0 saturated carbocycles. The molecule has 14 heavy (non-hydrogen) atoms. The van der Waals surface area contributed by atoms with E-state index in [9.17, 15) is 4.79 Å². The van der Waals surface area contributed by atoms with Crippen molar-refractivity contribution in [2.75, 3.05) is 13.1 Å². The number of rotatable bonds is 5. The van der Waals surface area contributed by atoms with Gasteiger partial charge in [0.2, 0.25) is 5.91 Å². The summed E-state index contributed by atoms with van der Waals surface area (Å²) in [5.41, 5.74) is 6.26. The van der Waals surface area contributed by atoms with E-state index >= 15 is 0 Å². The minimum absolute atomic E-state index is 0.00938. The maximum absolute atomic E-state index is 10.5. The van der Waals surface area contributed by atoms with E-state index in [0.29, 0.717) is 0 Å². The number of hydrogen-bond acceptors (Lipinski definition) is 2. The van der Waals surface area contributed by atoms with Gasteiger partial charge in [-0.1, -0.05) is 13.8 Å². The van der Waals surface area contributed by atoms with Gasteiger partial charge in [-0.05, 0) is 11.6 Å². The molecule has 4 nitrogen and oxygen atoms in total. The molecule has 0 spiro atoms. The van der Waals surface area contributed by atoms with Gasteiger partial charge in [-0.2, -0.15) is 0 Å². The lowest BCUT2D eigenvalue weighted by Gasteiger charge is -2.23. The highest BCUT2D eigenvalue weighted by Crippen LogP contribution is 2.21. The quantitative estimate of drug-likeness (QED) is 0.635. The van der Waals surface area contributed by atoms with Gasteiger partial charge >= 0.3 is 0 Å². The van der Waals surface area contributed by atoms with Crippen LogP contribution in [0.1, 0.15) is 19.4 Å². The monoisotopic (exact) mass is 195 g/mol. The topological polar surface area (TPSA) is 70.9 Å². The Morgan fingerprint density at radius 3 is 2.86 bits per heavy atom. The van der Waals surface area contributed by atoms with Crippen LogP contribution < -0.4 is 11.1 Å². The van der Waals surface area contributed by atoms with Crippen LogP contribution in [0.25, 0.3) is 0 Å². The summed E-state index contributed by atoms with van der Waals surface area (Å²) in [5, 5.41) is 3.02. The van der Waals surface area contributed by atoms with Crippen molar-refractivity contribution in [2.45, 2.75) is 19.3 Å². The Bertz CT molecular complexity index is 290. The Hall–Kier alpha value is -1.29. The number of carbonyl (C=O) groups is 1. The fraction of sp³-hybridized carbons (Fsp3) is 0.500. The fourth-order valence-electron chi connectivity index (χ4n) is 1.35. The molecule has 0 fully saturated rings. The molecule has 4 N–H and O–H groups in total. The third-order valence-electron chi connectivity index (χ3n) is 2.25. The van der Waals surface area contributed by atoms with Crippen LogP contribution in [-0.2, 0) is 10.2 Å². The van der Waals surface area contributed by atoms with Crippen LogP contribution in [0.15, 0.2) is 18.5 Å². The van der Waals surface area contributed by atoms with Crippen LogP contribution in [-0.4, -0.2) is 24.0 Å². The third-order valence-corrected chi connectivity index (χ3v) is 2.25. The number of primary amides is 1. The molecular weight excluding hydrogens is 178 g/mol. The van der Waals surface area contributed by atoms with E-state index in [1.54, 1.807) is 0 Å². The Kier molecular flexibility index (Phi) is 3.30. The van der Waals surface area contributed by atoms with Gasteiger partial charge < -0.3 is 16.0 Å². The predicted molar refractivity (Wildman–Crippen MR) is 55.9 cm³/mol. The molecule has 1 heterocycles. The highest BCUT2D eigenvalue weighted by atomic mass is 16.1. The molecule has 0 bridgehead atoms. The number of carbonyl (C=O) groups excluding carboxylic acids is 1. The smallest absolute Gasteiger partial charge is 0.231 e. The molecule has 0 aliphatic rings. The maximum Gasteiger partial charge on any atom is 0.231 e. The van der Waals surface area contributed by atoms with E-state index in [-0.39, 0.29) is 17.9 Å². The molecule has 78 valence electrons. The predicted octanol–water partition coefficient (Wildman–Crippen LogP) is 0.367. The largest absolute Gasteiger partial charge is 0.369 e. The fourth-order valence-corrected chi connectivity index (χ4v) is 1.35. The van der Waals surface area contributed by atoms with Crippen LogP contribution in [0.3, 0.4) is 0 Å². The summed E-state index contributed by atoms with van der Waals surface area (Å²) in [6, 6.07) is 2.03. The van der Waals surface area contributed by atoms with E-state index < -0.39 is 0 Å². The average molecular weight is 195 g/mol. The second kappa shape index (κ2) is 4.28. The first-order valence-corrected chi connectivity index (χ1v) is 4.65. The lowest BCUT2D eigenvalue weighted by molar-refractivity contribution is -0.117. The maximum atomic E-state index is 10.5. The molecule has 0 unspecified atom stereocenters. The standard InChI is InChI=1S/C10H17N3O/c1-10(2,7-13-6-9(11)14)8-3-4-12-5-8/h3-5,12-13H,6-7H2,1-2H3,(H2,11,14). The molecule has 1 aromatic rings. The summed E-state index contributed by atoms with van der Waals surface area (Å²) in [7, 11) is 0. The number of aromatic nitrogens is 1. The zero-order valence-corrected chi connectivity index (χ0v) is 8.63. The van der Waals surface area contributed by atoms with Crippen molar-refractivity contribution in [3.63, 3.8) is 0 Å². The summed E-state index contributed by atoms with van der Waals surface area (Å²) in [6.45, 7) is 5.19. The summed E-state index contributed by atoms with van der Waals surface area (Å²) in [4.78, 5) is 13.5. The van der Waals surface area contributed by atoms with E-state index in [1.165, 1.54) is 5.56 Å². The highest BCUT2D eigenvalue weighted by Gasteiger charge is 2.20. The van der Waals surface area contributed by atoms with Crippen molar-refractivity contribution in [3.05, 3.63) is 24.0 Å². The minimum Gasteiger partial charge on any atom is -0.369 e. The van der Waals surface area contributed by atoms with Crippen molar-refractivity contribution in [3.8, 4) is 0 Å². The zero-order valence-electron chi connectivity index (χ0n) is 8.63. The first-order valence-electron chi connectivity index (χ1n) is 4.65. The highest BCUT2D eigenvalue weighted by molar-refractivity contribution is 5.75. The number of nitrogens with two attached hydrogens (primary N) is 1. The van der Waals surface area contributed by atoms with Crippen molar-refractivity contribution in [1.29, 1.82) is 0 Å². The van der Waals surface area contributed by atoms with Gasteiger partial charge in [0.15, 0.2) is 0 Å². The number of nitrogens with one attached hydrogen (secondary N) is 2. The van der Waals surface area contributed by atoms with Gasteiger partial charge in [-0.15, -0.1) is 0 Å². The third kappa shape index (κ3) is 2.88. The minimum atomic E-state index is -0.324. The molecule has 1 aromatic heterocycles. The van der Waals surface area contributed by atoms with Crippen LogP contribution in [0.5, 0.6) is 0 Å². The molecule has 0 aromatic carbocycles. The SMILES string of the molecule is CC(C)(CNCC(N)=O)c1cc[nH]c1. The number of amides is 1. The summed E-state index contributed by atoms with van der Waals surface area (Å²) >= 11 is 0. The van der Waals surface area contributed by atoms with Crippen molar-refractivity contribution >= 4 is 5.91 Å². The first-order chi connectivity index (χ1) is 6.52.